The summed E-state index contributed by atoms with van der Waals surface area (Å²) >= 11 is 0. The Morgan fingerprint density at radius 2 is 1.47 bits per heavy atom. The molecule has 0 aliphatic rings. The van der Waals surface area contributed by atoms with Gasteiger partial charge in [-0.15, -0.1) is 0 Å². The van der Waals surface area contributed by atoms with Crippen LogP contribution in [0.25, 0.3) is 33.2 Å². The third-order valence-corrected chi connectivity index (χ3v) is 5.52. The average Bonchev–Trinajstić information content (AvgIpc) is 3.30. The molecule has 0 radical (unpaired) electrons. The van der Waals surface area contributed by atoms with Gasteiger partial charge in [-0.3, -0.25) is 14.2 Å². The van der Waals surface area contributed by atoms with Crippen molar-refractivity contribution < 1.29 is 9.59 Å². The summed E-state index contributed by atoms with van der Waals surface area (Å²) in [7, 11) is 0. The number of fused-ring (bicyclic) bond motifs is 3. The summed E-state index contributed by atoms with van der Waals surface area (Å²) < 4.78 is 1.72. The van der Waals surface area contributed by atoms with E-state index in [-0.39, 0.29) is 18.1 Å². The highest BCUT2D eigenvalue weighted by atomic mass is 16.1. The number of rotatable bonds is 4. The number of nitrogens with one attached hydrogen (secondary N) is 1. The van der Waals surface area contributed by atoms with Gasteiger partial charge in [0.2, 0.25) is 5.91 Å². The summed E-state index contributed by atoms with van der Waals surface area (Å²) in [6.45, 7) is 1.56. The van der Waals surface area contributed by atoms with Gasteiger partial charge in [-0.25, -0.2) is 0 Å². The lowest BCUT2D eigenvalue weighted by atomic mass is 9.99. The molecule has 4 nitrogen and oxygen atoms in total. The summed E-state index contributed by atoms with van der Waals surface area (Å²) in [5, 5.41) is 0.971. The quantitative estimate of drug-likeness (QED) is 0.389. The van der Waals surface area contributed by atoms with Crippen molar-refractivity contribution in [2.24, 2.45) is 0 Å². The van der Waals surface area contributed by atoms with Crippen LogP contribution in [-0.4, -0.2) is 21.2 Å². The largest absolute Gasteiger partial charge is 0.352 e. The monoisotopic (exact) mass is 392 g/mol. The van der Waals surface area contributed by atoms with Crippen molar-refractivity contribution in [3.63, 3.8) is 0 Å². The molecule has 0 spiro atoms. The lowest BCUT2D eigenvalue weighted by molar-refractivity contribution is 0.0943. The van der Waals surface area contributed by atoms with Gasteiger partial charge in [0.1, 0.15) is 0 Å². The van der Waals surface area contributed by atoms with Crippen LogP contribution in [-0.2, 0) is 6.42 Å². The highest BCUT2D eigenvalue weighted by molar-refractivity contribution is 6.15. The van der Waals surface area contributed by atoms with Crippen LogP contribution in [0.3, 0.4) is 0 Å². The molecule has 146 valence electrons. The molecule has 30 heavy (non-hydrogen) atoms. The van der Waals surface area contributed by atoms with E-state index in [9.17, 15) is 9.59 Å². The molecular formula is C26H20N2O2. The number of hydrogen-bond donors (Lipinski definition) is 1. The second-order valence-electron chi connectivity index (χ2n) is 7.41. The Balaban J connectivity index is 1.81. The Labute approximate surface area is 173 Å². The van der Waals surface area contributed by atoms with Crippen molar-refractivity contribution in [3.8, 4) is 11.3 Å². The van der Waals surface area contributed by atoms with Gasteiger partial charge in [0.05, 0.1) is 22.2 Å². The number of aromatic amines is 1. The van der Waals surface area contributed by atoms with Crippen LogP contribution in [0.2, 0.25) is 0 Å². The molecule has 0 aliphatic heterocycles. The van der Waals surface area contributed by atoms with Crippen LogP contribution in [0.4, 0.5) is 0 Å². The second kappa shape index (κ2) is 7.16. The SMILES string of the molecule is CC(=O)n1c2ccccc2c2[nH]c(-c3ccccc3)c(CC(=O)c3ccccc3)c21. The molecule has 5 aromatic rings. The van der Waals surface area contributed by atoms with Crippen molar-refractivity contribution in [2.75, 3.05) is 0 Å². The van der Waals surface area contributed by atoms with Crippen molar-refractivity contribution in [1.29, 1.82) is 0 Å². The molecule has 1 N–H and O–H groups in total. The lowest BCUT2D eigenvalue weighted by Gasteiger charge is -2.08. The van der Waals surface area contributed by atoms with E-state index in [2.05, 4.69) is 4.98 Å². The van der Waals surface area contributed by atoms with Crippen molar-refractivity contribution in [2.45, 2.75) is 13.3 Å². The van der Waals surface area contributed by atoms with Crippen LogP contribution < -0.4 is 0 Å². The van der Waals surface area contributed by atoms with Gasteiger partial charge in [0, 0.05) is 29.9 Å². The highest BCUT2D eigenvalue weighted by Crippen LogP contribution is 2.37. The number of aromatic nitrogens is 2. The van der Waals surface area contributed by atoms with E-state index in [1.54, 1.807) is 11.5 Å². The number of hydrogen-bond acceptors (Lipinski definition) is 2. The number of ketones is 1. The fourth-order valence-electron chi connectivity index (χ4n) is 4.21. The maximum Gasteiger partial charge on any atom is 0.228 e. The minimum atomic E-state index is -0.0757. The van der Waals surface area contributed by atoms with E-state index < -0.39 is 0 Å². The molecule has 3 aromatic carbocycles. The number of H-pyrrole nitrogens is 1. The molecule has 0 amide bonds. The van der Waals surface area contributed by atoms with Crippen LogP contribution in [0.15, 0.2) is 84.9 Å². The molecular weight excluding hydrogens is 372 g/mol. The molecule has 0 aliphatic carbocycles. The molecule has 0 fully saturated rings. The predicted octanol–water partition coefficient (Wildman–Crippen LogP) is 5.88. The topological polar surface area (TPSA) is 54.9 Å². The van der Waals surface area contributed by atoms with Crippen molar-refractivity contribution >= 4 is 33.6 Å². The Kier molecular flexibility index (Phi) is 4.32. The highest BCUT2D eigenvalue weighted by Gasteiger charge is 2.24. The summed E-state index contributed by atoms with van der Waals surface area (Å²) in [4.78, 5) is 29.3. The van der Waals surface area contributed by atoms with Crippen LogP contribution >= 0.6 is 0 Å². The van der Waals surface area contributed by atoms with Gasteiger partial charge >= 0.3 is 0 Å². The Morgan fingerprint density at radius 1 is 0.833 bits per heavy atom. The number of Topliss-reactive ketones (excluding diaryl/α,β-unsaturated/α-hetero) is 1. The van der Waals surface area contributed by atoms with E-state index >= 15 is 0 Å². The number of carbonyl (C=O) groups is 2. The minimum Gasteiger partial charge on any atom is -0.352 e. The molecule has 0 bridgehead atoms. The Bertz CT molecular complexity index is 1390. The summed E-state index contributed by atoms with van der Waals surface area (Å²) in [6.07, 6.45) is 0.206. The van der Waals surface area contributed by atoms with E-state index in [1.165, 1.54) is 0 Å². The Hall–Kier alpha value is -3.92. The number of nitrogens with zero attached hydrogens (tertiary/aromatic N) is 1. The van der Waals surface area contributed by atoms with Gasteiger partial charge in [-0.05, 0) is 11.6 Å². The van der Waals surface area contributed by atoms with E-state index in [0.29, 0.717) is 5.56 Å². The van der Waals surface area contributed by atoms with Gasteiger partial charge < -0.3 is 4.98 Å². The summed E-state index contributed by atoms with van der Waals surface area (Å²) in [6, 6.07) is 27.1. The van der Waals surface area contributed by atoms with Crippen LogP contribution in [0, 0.1) is 0 Å². The maximum atomic E-state index is 13.1. The zero-order chi connectivity index (χ0) is 20.7. The summed E-state index contributed by atoms with van der Waals surface area (Å²) in [5.41, 5.74) is 5.89. The normalized spacial score (nSPS) is 11.2. The van der Waals surface area contributed by atoms with E-state index in [0.717, 1.165) is 38.8 Å². The van der Waals surface area contributed by atoms with Gasteiger partial charge in [0.25, 0.3) is 0 Å². The first-order chi connectivity index (χ1) is 14.6. The van der Waals surface area contributed by atoms with Gasteiger partial charge in [-0.1, -0.05) is 78.9 Å². The molecule has 2 heterocycles. The fraction of sp³-hybridized carbons (Fsp3) is 0.0769. The first-order valence-electron chi connectivity index (χ1n) is 9.93. The molecule has 5 rings (SSSR count). The number of para-hydroxylation sites is 1. The zero-order valence-electron chi connectivity index (χ0n) is 16.6. The molecule has 0 atom stereocenters. The summed E-state index contributed by atoms with van der Waals surface area (Å²) in [5.74, 6) is -0.0535. The second-order valence-corrected chi connectivity index (χ2v) is 7.41. The molecule has 4 heteroatoms. The molecule has 0 saturated heterocycles. The van der Waals surface area contributed by atoms with Crippen molar-refractivity contribution in [3.05, 3.63) is 96.1 Å². The molecule has 0 unspecified atom stereocenters. The zero-order valence-corrected chi connectivity index (χ0v) is 16.6. The van der Waals surface area contributed by atoms with Gasteiger partial charge in [0.15, 0.2) is 5.78 Å². The first kappa shape index (κ1) is 18.1. The smallest absolute Gasteiger partial charge is 0.228 e. The van der Waals surface area contributed by atoms with E-state index in [1.807, 2.05) is 84.9 Å². The van der Waals surface area contributed by atoms with Crippen LogP contribution in [0.1, 0.15) is 27.6 Å². The number of carbonyl (C=O) groups excluding carboxylic acids is 2. The Morgan fingerprint density at radius 3 is 2.17 bits per heavy atom. The standard InChI is InChI=1S/C26H20N2O2/c1-17(29)28-22-15-9-8-14-20(22)25-26(28)21(16-23(30)18-10-4-2-5-11-18)24(27-25)19-12-6-3-7-13-19/h2-15,27H,16H2,1H3. The average molecular weight is 392 g/mol. The maximum absolute atomic E-state index is 13.1. The fourth-order valence-corrected chi connectivity index (χ4v) is 4.21. The van der Waals surface area contributed by atoms with Gasteiger partial charge in [-0.2, -0.15) is 0 Å². The third kappa shape index (κ3) is 2.85. The molecule has 0 saturated carbocycles. The lowest BCUT2D eigenvalue weighted by Crippen LogP contribution is -2.09. The third-order valence-electron chi connectivity index (χ3n) is 5.52. The van der Waals surface area contributed by atoms with Crippen molar-refractivity contribution in [1.82, 2.24) is 9.55 Å². The predicted molar refractivity (Wildman–Crippen MR) is 120 cm³/mol. The first-order valence-corrected chi connectivity index (χ1v) is 9.93. The van der Waals surface area contributed by atoms with Crippen LogP contribution in [0.5, 0.6) is 0 Å². The minimum absolute atomic E-state index is 0.0223. The number of benzene rings is 3. The van der Waals surface area contributed by atoms with E-state index in [4.69, 9.17) is 0 Å². The molecule has 2 aromatic heterocycles.